The first-order valence-electron chi connectivity index (χ1n) is 4.62. The van der Waals surface area contributed by atoms with Crippen molar-refractivity contribution in [2.75, 3.05) is 25.6 Å². The van der Waals surface area contributed by atoms with Gasteiger partial charge in [0.25, 0.3) is 5.91 Å². The number of hydrogen-bond acceptors (Lipinski definition) is 4. The first-order valence-corrected chi connectivity index (χ1v) is 4.62. The van der Waals surface area contributed by atoms with Crippen LogP contribution in [0.15, 0.2) is 18.2 Å². The molecule has 16 heavy (non-hydrogen) atoms. The Hall–Kier alpha value is -1.90. The minimum absolute atomic E-state index is 0.0196. The van der Waals surface area contributed by atoms with Gasteiger partial charge in [-0.2, -0.15) is 0 Å². The molecular formula is C11H12N2O3. The highest BCUT2D eigenvalue weighted by atomic mass is 16.5. The number of anilines is 1. The topological polar surface area (TPSA) is 71.5 Å². The summed E-state index contributed by atoms with van der Waals surface area (Å²) in [6.07, 6.45) is 0. The van der Waals surface area contributed by atoms with E-state index in [4.69, 9.17) is 5.11 Å². The van der Waals surface area contributed by atoms with Crippen LogP contribution in [0.25, 0.3) is 0 Å². The van der Waals surface area contributed by atoms with Gasteiger partial charge >= 0.3 is 0 Å². The molecule has 0 aliphatic heterocycles. The van der Waals surface area contributed by atoms with Crippen LogP contribution in [0.4, 0.5) is 5.82 Å². The largest absolute Gasteiger partial charge is 0.384 e. The van der Waals surface area contributed by atoms with Gasteiger partial charge in [-0.1, -0.05) is 12.0 Å². The van der Waals surface area contributed by atoms with Crippen molar-refractivity contribution in [3.8, 4) is 11.8 Å². The van der Waals surface area contributed by atoms with Crippen molar-refractivity contribution in [3.05, 3.63) is 23.9 Å². The first-order chi connectivity index (χ1) is 7.76. The number of nitrogens with one attached hydrogen (secondary N) is 1. The molecule has 5 heteroatoms. The molecule has 0 aromatic carbocycles. The van der Waals surface area contributed by atoms with Crippen LogP contribution in [0.2, 0.25) is 0 Å². The third-order valence-electron chi connectivity index (χ3n) is 1.59. The summed E-state index contributed by atoms with van der Waals surface area (Å²) < 4.78 is 4.67. The zero-order chi connectivity index (χ0) is 11.8. The average molecular weight is 220 g/mol. The standard InChI is InChI=1S/C11H12N2O3/c1-16-8-11(15)13-10-6-2-4-9(12-10)5-3-7-14/h2,4,6,14H,7-8H2,1H3,(H,12,13,15). The number of nitrogens with zero attached hydrogens (tertiary/aromatic N) is 1. The van der Waals surface area contributed by atoms with Crippen LogP contribution in [0, 0.1) is 11.8 Å². The van der Waals surface area contributed by atoms with Gasteiger partial charge in [-0.15, -0.1) is 0 Å². The summed E-state index contributed by atoms with van der Waals surface area (Å²) in [4.78, 5) is 15.2. The Morgan fingerprint density at radius 3 is 3.12 bits per heavy atom. The lowest BCUT2D eigenvalue weighted by molar-refractivity contribution is -0.119. The highest BCUT2D eigenvalue weighted by Gasteiger charge is 2.01. The highest BCUT2D eigenvalue weighted by Crippen LogP contribution is 2.03. The van der Waals surface area contributed by atoms with Crippen molar-refractivity contribution in [3.63, 3.8) is 0 Å². The maximum atomic E-state index is 11.2. The molecule has 0 fully saturated rings. The summed E-state index contributed by atoms with van der Waals surface area (Å²) in [7, 11) is 1.44. The normalized spacial score (nSPS) is 9.12. The zero-order valence-electron chi connectivity index (χ0n) is 8.86. The van der Waals surface area contributed by atoms with Gasteiger partial charge in [-0.25, -0.2) is 4.98 Å². The van der Waals surface area contributed by atoms with E-state index in [1.165, 1.54) is 7.11 Å². The third-order valence-corrected chi connectivity index (χ3v) is 1.59. The fourth-order valence-corrected chi connectivity index (χ4v) is 1.01. The maximum Gasteiger partial charge on any atom is 0.251 e. The SMILES string of the molecule is COCC(=O)Nc1cccc(C#CCO)n1. The minimum Gasteiger partial charge on any atom is -0.384 e. The smallest absolute Gasteiger partial charge is 0.251 e. The molecule has 0 saturated heterocycles. The molecule has 0 spiro atoms. The van der Waals surface area contributed by atoms with Gasteiger partial charge in [0.15, 0.2) is 0 Å². The van der Waals surface area contributed by atoms with Crippen LogP contribution in [0.3, 0.4) is 0 Å². The molecule has 0 radical (unpaired) electrons. The van der Waals surface area contributed by atoms with Gasteiger partial charge in [0.05, 0.1) is 0 Å². The Morgan fingerprint density at radius 1 is 1.62 bits per heavy atom. The number of aromatic nitrogens is 1. The average Bonchev–Trinajstić information content (AvgIpc) is 2.27. The minimum atomic E-state index is -0.276. The number of aliphatic hydroxyl groups is 1. The summed E-state index contributed by atoms with van der Waals surface area (Å²) in [6.45, 7) is -0.240. The lowest BCUT2D eigenvalue weighted by atomic mass is 10.3. The lowest BCUT2D eigenvalue weighted by Crippen LogP contribution is -2.17. The molecule has 0 saturated carbocycles. The molecular weight excluding hydrogens is 208 g/mol. The second kappa shape index (κ2) is 6.56. The van der Waals surface area contributed by atoms with Gasteiger partial charge in [0, 0.05) is 7.11 Å². The second-order valence-electron chi connectivity index (χ2n) is 2.85. The number of rotatable bonds is 3. The fourth-order valence-electron chi connectivity index (χ4n) is 1.01. The highest BCUT2D eigenvalue weighted by molar-refractivity contribution is 5.90. The summed E-state index contributed by atoms with van der Waals surface area (Å²) in [6, 6.07) is 5.06. The van der Waals surface area contributed by atoms with Crippen molar-refractivity contribution in [1.82, 2.24) is 4.98 Å². The van der Waals surface area contributed by atoms with Crippen LogP contribution in [0.5, 0.6) is 0 Å². The predicted octanol–water partition coefficient (Wildman–Crippen LogP) is 0.0103. The first kappa shape index (κ1) is 12.2. The zero-order valence-corrected chi connectivity index (χ0v) is 8.86. The van der Waals surface area contributed by atoms with E-state index in [1.807, 2.05) is 0 Å². The van der Waals surface area contributed by atoms with Crippen molar-refractivity contribution in [1.29, 1.82) is 0 Å². The van der Waals surface area contributed by atoms with E-state index in [0.29, 0.717) is 11.5 Å². The van der Waals surface area contributed by atoms with E-state index in [0.717, 1.165) is 0 Å². The van der Waals surface area contributed by atoms with Gasteiger partial charge in [-0.05, 0) is 18.1 Å². The molecule has 5 nitrogen and oxygen atoms in total. The third kappa shape index (κ3) is 4.09. The molecule has 84 valence electrons. The van der Waals surface area contributed by atoms with Crippen LogP contribution in [0.1, 0.15) is 5.69 Å². The molecule has 2 N–H and O–H groups in total. The Balaban J connectivity index is 2.71. The number of aliphatic hydroxyl groups excluding tert-OH is 1. The van der Waals surface area contributed by atoms with E-state index in [9.17, 15) is 4.79 Å². The molecule has 1 rings (SSSR count). The van der Waals surface area contributed by atoms with E-state index < -0.39 is 0 Å². The van der Waals surface area contributed by atoms with E-state index in [2.05, 4.69) is 26.9 Å². The second-order valence-corrected chi connectivity index (χ2v) is 2.85. The molecule has 1 aromatic rings. The molecule has 1 heterocycles. The molecule has 0 aliphatic rings. The Kier molecular flexibility index (Phi) is 4.99. The summed E-state index contributed by atoms with van der Waals surface area (Å²) in [5, 5.41) is 11.1. The molecule has 0 aliphatic carbocycles. The van der Waals surface area contributed by atoms with Crippen LogP contribution < -0.4 is 5.32 Å². The van der Waals surface area contributed by atoms with Crippen molar-refractivity contribution in [2.45, 2.75) is 0 Å². The molecule has 0 bridgehead atoms. The fraction of sp³-hybridized carbons (Fsp3) is 0.273. The number of amides is 1. The Labute approximate surface area is 93.5 Å². The number of carbonyl (C=O) groups excluding carboxylic acids is 1. The van der Waals surface area contributed by atoms with Gasteiger partial charge < -0.3 is 15.2 Å². The summed E-state index contributed by atoms with van der Waals surface area (Å²) in [5.74, 6) is 5.26. The quantitative estimate of drug-likeness (QED) is 0.704. The number of pyridine rings is 1. The number of ether oxygens (including phenoxy) is 1. The van der Waals surface area contributed by atoms with Crippen LogP contribution in [-0.2, 0) is 9.53 Å². The number of methoxy groups -OCH3 is 1. The molecule has 1 amide bonds. The number of carbonyl (C=O) groups is 1. The predicted molar refractivity (Wildman–Crippen MR) is 58.7 cm³/mol. The molecule has 0 unspecified atom stereocenters. The number of hydrogen-bond donors (Lipinski definition) is 2. The lowest BCUT2D eigenvalue weighted by Gasteiger charge is -2.03. The van der Waals surface area contributed by atoms with E-state index in [1.54, 1.807) is 18.2 Å². The monoisotopic (exact) mass is 220 g/mol. The van der Waals surface area contributed by atoms with Gasteiger partial charge in [0.2, 0.25) is 0 Å². The Bertz CT molecular complexity index is 421. The van der Waals surface area contributed by atoms with Crippen molar-refractivity contribution in [2.24, 2.45) is 0 Å². The van der Waals surface area contributed by atoms with Crippen LogP contribution in [-0.4, -0.2) is 36.3 Å². The van der Waals surface area contributed by atoms with E-state index >= 15 is 0 Å². The van der Waals surface area contributed by atoms with Gasteiger partial charge in [0.1, 0.15) is 24.7 Å². The molecule has 0 atom stereocenters. The Morgan fingerprint density at radius 2 is 2.44 bits per heavy atom. The van der Waals surface area contributed by atoms with E-state index in [-0.39, 0.29) is 19.1 Å². The summed E-state index contributed by atoms with van der Waals surface area (Å²) >= 11 is 0. The van der Waals surface area contributed by atoms with Crippen LogP contribution >= 0.6 is 0 Å². The summed E-state index contributed by atoms with van der Waals surface area (Å²) in [5.41, 5.74) is 0.490. The molecule has 1 aromatic heterocycles. The van der Waals surface area contributed by atoms with Gasteiger partial charge in [-0.3, -0.25) is 4.79 Å². The van der Waals surface area contributed by atoms with Crippen molar-refractivity contribution < 1.29 is 14.6 Å². The maximum absolute atomic E-state index is 11.2. The van der Waals surface area contributed by atoms with Crippen molar-refractivity contribution >= 4 is 11.7 Å².